The summed E-state index contributed by atoms with van der Waals surface area (Å²) in [6.07, 6.45) is 1.65. The summed E-state index contributed by atoms with van der Waals surface area (Å²) in [4.78, 5) is 21.8. The van der Waals surface area contributed by atoms with Crippen molar-refractivity contribution in [2.75, 3.05) is 20.8 Å². The van der Waals surface area contributed by atoms with Crippen LogP contribution in [0.15, 0.2) is 42.6 Å². The van der Waals surface area contributed by atoms with Gasteiger partial charge in [0, 0.05) is 23.6 Å². The maximum atomic E-state index is 12.9. The van der Waals surface area contributed by atoms with E-state index in [0.29, 0.717) is 35.2 Å². The van der Waals surface area contributed by atoms with Crippen LogP contribution in [0.5, 0.6) is 17.2 Å². The second-order valence-corrected chi connectivity index (χ2v) is 9.43. The number of hydrogen-bond acceptors (Lipinski definition) is 8. The number of rotatable bonds is 8. The van der Waals surface area contributed by atoms with Crippen LogP contribution in [0.2, 0.25) is 0 Å². The molecular weight excluding hydrogens is 446 g/mol. The number of carbonyl (C=O) groups is 1. The van der Waals surface area contributed by atoms with Crippen LogP contribution in [0.1, 0.15) is 54.0 Å². The minimum atomic E-state index is -1.39. The fraction of sp³-hybridized carbons (Fsp3) is 0.370. The van der Waals surface area contributed by atoms with Gasteiger partial charge in [0.15, 0.2) is 23.0 Å². The number of pyridine rings is 2. The van der Waals surface area contributed by atoms with E-state index in [1.807, 2.05) is 38.1 Å². The van der Waals surface area contributed by atoms with Gasteiger partial charge in [-0.2, -0.15) is 0 Å². The van der Waals surface area contributed by atoms with Gasteiger partial charge in [-0.3, -0.25) is 4.79 Å². The highest BCUT2D eigenvalue weighted by Crippen LogP contribution is 2.44. The number of aromatic nitrogens is 2. The molecule has 3 heterocycles. The summed E-state index contributed by atoms with van der Waals surface area (Å²) in [5.41, 5.74) is 8.47. The Morgan fingerprint density at radius 1 is 1.20 bits per heavy atom. The Kier molecular flexibility index (Phi) is 6.53. The molecule has 35 heavy (non-hydrogen) atoms. The van der Waals surface area contributed by atoms with Crippen molar-refractivity contribution in [3.8, 4) is 28.5 Å². The van der Waals surface area contributed by atoms with Gasteiger partial charge in [0.2, 0.25) is 0 Å². The Morgan fingerprint density at radius 2 is 1.89 bits per heavy atom. The third-order valence-electron chi connectivity index (χ3n) is 6.38. The van der Waals surface area contributed by atoms with E-state index in [9.17, 15) is 9.90 Å². The molecule has 0 amide bonds. The molecule has 0 saturated carbocycles. The molecule has 3 aromatic rings. The highest BCUT2D eigenvalue weighted by atomic mass is 16.5. The van der Waals surface area contributed by atoms with E-state index < -0.39 is 11.1 Å². The number of aryl methyl sites for hydroxylation is 1. The first kappa shape index (κ1) is 24.6. The third-order valence-corrected chi connectivity index (χ3v) is 6.38. The van der Waals surface area contributed by atoms with Crippen molar-refractivity contribution in [3.63, 3.8) is 0 Å². The number of methoxy groups -OCH3 is 2. The summed E-state index contributed by atoms with van der Waals surface area (Å²) in [7, 11) is 3.00. The maximum Gasteiger partial charge on any atom is 0.181 e. The van der Waals surface area contributed by atoms with Gasteiger partial charge in [0.25, 0.3) is 0 Å². The Balaban J connectivity index is 1.64. The molecule has 0 spiro atoms. The largest absolute Gasteiger partial charge is 0.493 e. The molecule has 8 heteroatoms. The second-order valence-electron chi connectivity index (χ2n) is 9.43. The van der Waals surface area contributed by atoms with Crippen LogP contribution < -0.4 is 19.9 Å². The fourth-order valence-corrected chi connectivity index (χ4v) is 4.09. The van der Waals surface area contributed by atoms with Crippen molar-refractivity contribution < 1.29 is 24.1 Å². The number of nitrogens with zero attached hydrogens (tertiary/aromatic N) is 2. The molecule has 2 unspecified atom stereocenters. The number of ether oxygens (including phenoxy) is 3. The van der Waals surface area contributed by atoms with Crippen LogP contribution in [0, 0.1) is 6.92 Å². The molecule has 1 aliphatic heterocycles. The van der Waals surface area contributed by atoms with E-state index in [0.717, 1.165) is 16.7 Å². The van der Waals surface area contributed by atoms with Crippen molar-refractivity contribution in [2.45, 2.75) is 44.8 Å². The van der Waals surface area contributed by atoms with E-state index in [4.69, 9.17) is 24.9 Å². The number of aliphatic hydroxyl groups is 1. The minimum Gasteiger partial charge on any atom is -0.493 e. The normalized spacial score (nSPS) is 18.4. The van der Waals surface area contributed by atoms with Gasteiger partial charge in [-0.05, 0) is 33.3 Å². The average Bonchev–Trinajstić information content (AvgIpc) is 3.16. The lowest BCUT2D eigenvalue weighted by atomic mass is 9.88. The molecule has 0 bridgehead atoms. The summed E-state index contributed by atoms with van der Waals surface area (Å²) >= 11 is 0. The average molecular weight is 478 g/mol. The Labute approximate surface area is 205 Å². The molecule has 0 radical (unpaired) electrons. The third kappa shape index (κ3) is 4.85. The van der Waals surface area contributed by atoms with E-state index in [2.05, 4.69) is 4.98 Å². The first-order valence-electron chi connectivity index (χ1n) is 11.4. The van der Waals surface area contributed by atoms with E-state index in [-0.39, 0.29) is 24.3 Å². The van der Waals surface area contributed by atoms with E-state index in [1.165, 1.54) is 26.5 Å². The Morgan fingerprint density at radius 3 is 2.54 bits per heavy atom. The molecule has 184 valence electrons. The standard InChI is InChI=1S/C27H31N3O5/c1-16-6-8-17(9-7-16)24-25-18(26(2,28)15-35-25)12-23(30-24)27(3,32)11-10-20(31)19-13-21(33-4)22(34-5)14-29-19/h6-9,12-14,32H,10-11,15,28H2,1-5H3. The van der Waals surface area contributed by atoms with Gasteiger partial charge >= 0.3 is 0 Å². The summed E-state index contributed by atoms with van der Waals surface area (Å²) in [6.45, 7) is 5.88. The summed E-state index contributed by atoms with van der Waals surface area (Å²) < 4.78 is 16.4. The molecule has 4 rings (SSSR count). The van der Waals surface area contributed by atoms with Crippen molar-refractivity contribution in [1.29, 1.82) is 0 Å². The zero-order chi connectivity index (χ0) is 25.4. The monoisotopic (exact) mass is 477 g/mol. The molecule has 1 aromatic carbocycles. The summed E-state index contributed by atoms with van der Waals surface area (Å²) in [6, 6.07) is 11.3. The highest BCUT2D eigenvalue weighted by molar-refractivity contribution is 5.94. The number of Topliss-reactive ketones (excluding diaryl/α,β-unsaturated/α-hetero) is 1. The zero-order valence-corrected chi connectivity index (χ0v) is 20.7. The lowest BCUT2D eigenvalue weighted by molar-refractivity contribution is 0.0396. The number of ketones is 1. The molecule has 2 atom stereocenters. The molecule has 2 aromatic heterocycles. The van der Waals surface area contributed by atoms with E-state index in [1.54, 1.807) is 13.0 Å². The first-order chi connectivity index (χ1) is 16.6. The molecular formula is C27H31N3O5. The maximum absolute atomic E-state index is 12.9. The molecule has 0 fully saturated rings. The van der Waals surface area contributed by atoms with Crippen LogP contribution in [-0.2, 0) is 11.1 Å². The van der Waals surface area contributed by atoms with Crippen LogP contribution in [0.4, 0.5) is 0 Å². The number of nitrogens with two attached hydrogens (primary N) is 1. The number of fused-ring (bicyclic) bond motifs is 1. The quantitative estimate of drug-likeness (QED) is 0.469. The van der Waals surface area contributed by atoms with Gasteiger partial charge in [-0.1, -0.05) is 29.8 Å². The first-order valence-corrected chi connectivity index (χ1v) is 11.4. The van der Waals surface area contributed by atoms with Gasteiger partial charge < -0.3 is 25.1 Å². The Bertz CT molecular complexity index is 1250. The number of hydrogen-bond donors (Lipinski definition) is 2. The van der Waals surface area contributed by atoms with Crippen LogP contribution in [0.3, 0.4) is 0 Å². The van der Waals surface area contributed by atoms with Gasteiger partial charge in [-0.25, -0.2) is 9.97 Å². The predicted octanol–water partition coefficient (Wildman–Crippen LogP) is 3.91. The molecule has 0 saturated heterocycles. The second kappa shape index (κ2) is 9.28. The fourth-order valence-electron chi connectivity index (χ4n) is 4.09. The molecule has 3 N–H and O–H groups in total. The van der Waals surface area contributed by atoms with Crippen molar-refractivity contribution in [1.82, 2.24) is 9.97 Å². The Hall–Kier alpha value is -3.49. The minimum absolute atomic E-state index is 0.0600. The van der Waals surface area contributed by atoms with Crippen molar-refractivity contribution in [3.05, 3.63) is 65.1 Å². The summed E-state index contributed by atoms with van der Waals surface area (Å²) in [5, 5.41) is 11.4. The van der Waals surface area contributed by atoms with Crippen LogP contribution >= 0.6 is 0 Å². The van der Waals surface area contributed by atoms with Gasteiger partial charge in [-0.15, -0.1) is 0 Å². The molecule has 8 nitrogen and oxygen atoms in total. The van der Waals surface area contributed by atoms with Crippen LogP contribution in [-0.4, -0.2) is 41.7 Å². The van der Waals surface area contributed by atoms with Gasteiger partial charge in [0.1, 0.15) is 23.6 Å². The highest BCUT2D eigenvalue weighted by Gasteiger charge is 2.38. The lowest BCUT2D eigenvalue weighted by Crippen LogP contribution is -2.35. The lowest BCUT2D eigenvalue weighted by Gasteiger charge is -2.25. The predicted molar refractivity (Wildman–Crippen MR) is 132 cm³/mol. The SMILES string of the molecule is COc1cnc(C(=O)CCC(C)(O)c2cc3c(c(-c4ccc(C)cc4)n2)OCC3(C)N)cc1OC. The number of benzene rings is 1. The smallest absolute Gasteiger partial charge is 0.181 e. The molecule has 1 aliphatic rings. The topological polar surface area (TPSA) is 117 Å². The number of carbonyl (C=O) groups excluding carboxylic acids is 1. The van der Waals surface area contributed by atoms with E-state index >= 15 is 0 Å². The van der Waals surface area contributed by atoms with Crippen LogP contribution in [0.25, 0.3) is 11.3 Å². The van der Waals surface area contributed by atoms with Crippen molar-refractivity contribution in [2.24, 2.45) is 5.73 Å². The molecule has 0 aliphatic carbocycles. The zero-order valence-electron chi connectivity index (χ0n) is 20.7. The van der Waals surface area contributed by atoms with Crippen molar-refractivity contribution >= 4 is 5.78 Å². The van der Waals surface area contributed by atoms with Gasteiger partial charge in [0.05, 0.1) is 31.6 Å². The summed E-state index contributed by atoms with van der Waals surface area (Å²) in [5.74, 6) is 1.26.